The topological polar surface area (TPSA) is 62.2 Å². The highest BCUT2D eigenvalue weighted by Gasteiger charge is 2.20. The SMILES string of the molecule is COc1cc(C)c(N(C)C(CO)CCO)c(OC)c1. The summed E-state index contributed by atoms with van der Waals surface area (Å²) in [5.74, 6) is 1.42. The molecule has 1 rings (SSSR count). The number of anilines is 1. The van der Waals surface area contributed by atoms with E-state index in [1.807, 2.05) is 31.0 Å². The summed E-state index contributed by atoms with van der Waals surface area (Å²) >= 11 is 0. The molecule has 0 heterocycles. The molecule has 0 aliphatic rings. The zero-order valence-electron chi connectivity index (χ0n) is 12.0. The molecule has 0 amide bonds. The summed E-state index contributed by atoms with van der Waals surface area (Å²) in [5.41, 5.74) is 1.89. The van der Waals surface area contributed by atoms with Crippen molar-refractivity contribution in [2.24, 2.45) is 0 Å². The highest BCUT2D eigenvalue weighted by molar-refractivity contribution is 5.66. The Labute approximate surface area is 114 Å². The van der Waals surface area contributed by atoms with Crippen molar-refractivity contribution in [3.8, 4) is 11.5 Å². The second-order valence-corrected chi connectivity index (χ2v) is 4.45. The van der Waals surface area contributed by atoms with Crippen LogP contribution < -0.4 is 14.4 Å². The Morgan fingerprint density at radius 2 is 1.89 bits per heavy atom. The van der Waals surface area contributed by atoms with Crippen LogP contribution in [-0.4, -0.2) is 50.7 Å². The predicted octanol–water partition coefficient (Wildman–Crippen LogP) is 1.19. The van der Waals surface area contributed by atoms with Gasteiger partial charge in [0, 0.05) is 19.7 Å². The first-order chi connectivity index (χ1) is 9.08. The maximum atomic E-state index is 9.43. The average Bonchev–Trinajstić information content (AvgIpc) is 2.42. The fourth-order valence-electron chi connectivity index (χ4n) is 2.18. The molecule has 2 N–H and O–H groups in total. The molecule has 0 aromatic heterocycles. The van der Waals surface area contributed by atoms with Gasteiger partial charge in [-0.1, -0.05) is 0 Å². The number of benzene rings is 1. The lowest BCUT2D eigenvalue weighted by Crippen LogP contribution is -2.36. The molecule has 1 aromatic carbocycles. The van der Waals surface area contributed by atoms with Crippen LogP contribution in [0.3, 0.4) is 0 Å². The molecule has 5 heteroatoms. The van der Waals surface area contributed by atoms with E-state index in [0.29, 0.717) is 12.2 Å². The van der Waals surface area contributed by atoms with Crippen LogP contribution in [0, 0.1) is 6.92 Å². The van der Waals surface area contributed by atoms with Gasteiger partial charge in [0.2, 0.25) is 0 Å². The van der Waals surface area contributed by atoms with Gasteiger partial charge in [-0.2, -0.15) is 0 Å². The molecular formula is C14H23NO4. The fraction of sp³-hybridized carbons (Fsp3) is 0.571. The maximum absolute atomic E-state index is 9.43. The first-order valence-electron chi connectivity index (χ1n) is 6.26. The molecule has 0 radical (unpaired) electrons. The van der Waals surface area contributed by atoms with Crippen molar-refractivity contribution < 1.29 is 19.7 Å². The molecule has 0 spiro atoms. The number of ether oxygens (including phenoxy) is 2. The van der Waals surface area contributed by atoms with E-state index in [2.05, 4.69) is 0 Å². The molecule has 0 aliphatic heterocycles. The molecule has 1 atom stereocenters. The van der Waals surface area contributed by atoms with Crippen LogP contribution in [0.2, 0.25) is 0 Å². The Kier molecular flexibility index (Phi) is 5.92. The number of nitrogens with zero attached hydrogens (tertiary/aromatic N) is 1. The van der Waals surface area contributed by atoms with Gasteiger partial charge in [0.1, 0.15) is 11.5 Å². The third-order valence-electron chi connectivity index (χ3n) is 3.27. The lowest BCUT2D eigenvalue weighted by Gasteiger charge is -2.31. The highest BCUT2D eigenvalue weighted by Crippen LogP contribution is 2.36. The van der Waals surface area contributed by atoms with E-state index < -0.39 is 0 Å². The quantitative estimate of drug-likeness (QED) is 0.778. The lowest BCUT2D eigenvalue weighted by molar-refractivity contribution is 0.217. The summed E-state index contributed by atoms with van der Waals surface area (Å²) in [7, 11) is 5.10. The second-order valence-electron chi connectivity index (χ2n) is 4.45. The van der Waals surface area contributed by atoms with Gasteiger partial charge < -0.3 is 24.6 Å². The van der Waals surface area contributed by atoms with E-state index in [4.69, 9.17) is 14.6 Å². The zero-order chi connectivity index (χ0) is 14.4. The average molecular weight is 269 g/mol. The minimum atomic E-state index is -0.147. The van der Waals surface area contributed by atoms with E-state index in [1.54, 1.807) is 14.2 Å². The Morgan fingerprint density at radius 1 is 1.21 bits per heavy atom. The van der Waals surface area contributed by atoms with Crippen molar-refractivity contribution in [1.29, 1.82) is 0 Å². The number of hydrogen-bond donors (Lipinski definition) is 2. The first kappa shape index (κ1) is 15.6. The third-order valence-corrected chi connectivity index (χ3v) is 3.27. The summed E-state index contributed by atoms with van der Waals surface area (Å²) in [6, 6.07) is 3.58. The van der Waals surface area contributed by atoms with Gasteiger partial charge in [-0.15, -0.1) is 0 Å². The van der Waals surface area contributed by atoms with Crippen LogP contribution in [0.1, 0.15) is 12.0 Å². The molecule has 0 aliphatic carbocycles. The van der Waals surface area contributed by atoms with E-state index in [-0.39, 0.29) is 19.3 Å². The lowest BCUT2D eigenvalue weighted by atomic mass is 10.1. The molecule has 0 bridgehead atoms. The predicted molar refractivity (Wildman–Crippen MR) is 75.3 cm³/mol. The van der Waals surface area contributed by atoms with Gasteiger partial charge in [-0.25, -0.2) is 0 Å². The molecule has 0 saturated heterocycles. The van der Waals surface area contributed by atoms with Crippen LogP contribution in [0.15, 0.2) is 12.1 Å². The minimum Gasteiger partial charge on any atom is -0.497 e. The number of likely N-dealkylation sites (N-methyl/N-ethyl adjacent to an activating group) is 1. The molecular weight excluding hydrogens is 246 g/mol. The van der Waals surface area contributed by atoms with Gasteiger partial charge in [-0.3, -0.25) is 0 Å². The van der Waals surface area contributed by atoms with Crippen LogP contribution in [0.4, 0.5) is 5.69 Å². The fourth-order valence-corrected chi connectivity index (χ4v) is 2.18. The summed E-state index contributed by atoms with van der Waals surface area (Å²) in [5, 5.41) is 18.5. The number of aliphatic hydroxyl groups excluding tert-OH is 2. The van der Waals surface area contributed by atoms with Gasteiger partial charge in [0.25, 0.3) is 0 Å². The molecule has 5 nitrogen and oxygen atoms in total. The van der Waals surface area contributed by atoms with Crippen molar-refractivity contribution in [3.05, 3.63) is 17.7 Å². The summed E-state index contributed by atoms with van der Waals surface area (Å²) < 4.78 is 10.6. The summed E-state index contributed by atoms with van der Waals surface area (Å²) in [6.07, 6.45) is 0.502. The van der Waals surface area contributed by atoms with E-state index in [1.165, 1.54) is 0 Å². The largest absolute Gasteiger partial charge is 0.497 e. The van der Waals surface area contributed by atoms with Crippen LogP contribution >= 0.6 is 0 Å². The standard InChI is InChI=1S/C14H23NO4/c1-10-7-12(18-3)8-13(19-4)14(10)15(2)11(9-17)5-6-16/h7-8,11,16-17H,5-6,9H2,1-4H3. The first-order valence-corrected chi connectivity index (χ1v) is 6.26. The Balaban J connectivity index is 3.17. The number of methoxy groups -OCH3 is 2. The Morgan fingerprint density at radius 3 is 2.37 bits per heavy atom. The Hall–Kier alpha value is -1.46. The van der Waals surface area contributed by atoms with Gasteiger partial charge >= 0.3 is 0 Å². The van der Waals surface area contributed by atoms with Gasteiger partial charge in [0.05, 0.1) is 32.6 Å². The summed E-state index contributed by atoms with van der Waals surface area (Å²) in [4.78, 5) is 1.93. The second kappa shape index (κ2) is 7.21. The van der Waals surface area contributed by atoms with Crippen molar-refractivity contribution >= 4 is 5.69 Å². The third kappa shape index (κ3) is 3.52. The zero-order valence-corrected chi connectivity index (χ0v) is 12.0. The van der Waals surface area contributed by atoms with Crippen molar-refractivity contribution in [1.82, 2.24) is 0 Å². The van der Waals surface area contributed by atoms with E-state index in [9.17, 15) is 5.11 Å². The molecule has 0 fully saturated rings. The van der Waals surface area contributed by atoms with Crippen molar-refractivity contribution in [3.63, 3.8) is 0 Å². The van der Waals surface area contributed by atoms with E-state index in [0.717, 1.165) is 17.0 Å². The maximum Gasteiger partial charge on any atom is 0.146 e. The van der Waals surface area contributed by atoms with Gasteiger partial charge in [0.15, 0.2) is 0 Å². The normalized spacial score (nSPS) is 12.1. The van der Waals surface area contributed by atoms with Crippen molar-refractivity contribution in [2.45, 2.75) is 19.4 Å². The molecule has 19 heavy (non-hydrogen) atoms. The number of rotatable bonds is 7. The van der Waals surface area contributed by atoms with Crippen LogP contribution in [-0.2, 0) is 0 Å². The van der Waals surface area contributed by atoms with E-state index >= 15 is 0 Å². The summed E-state index contributed by atoms with van der Waals surface area (Å²) in [6.45, 7) is 1.98. The van der Waals surface area contributed by atoms with Crippen molar-refractivity contribution in [2.75, 3.05) is 39.4 Å². The van der Waals surface area contributed by atoms with Crippen LogP contribution in [0.5, 0.6) is 11.5 Å². The number of aliphatic hydroxyl groups is 2. The smallest absolute Gasteiger partial charge is 0.146 e. The molecule has 1 unspecified atom stereocenters. The number of aryl methyl sites for hydroxylation is 1. The minimum absolute atomic E-state index is 0.0221. The molecule has 1 aromatic rings. The number of hydrogen-bond acceptors (Lipinski definition) is 5. The highest BCUT2D eigenvalue weighted by atomic mass is 16.5. The Bertz CT molecular complexity index is 409. The monoisotopic (exact) mass is 269 g/mol. The molecule has 0 saturated carbocycles. The van der Waals surface area contributed by atoms with Gasteiger partial charge in [-0.05, 0) is 25.0 Å². The molecule has 108 valence electrons. The van der Waals surface area contributed by atoms with Crippen LogP contribution in [0.25, 0.3) is 0 Å².